The SMILES string of the molecule is O=C(NC1CCc2cn[nH]c2C1)N(CC(O)c1ccccc1)C1CC1. The minimum Gasteiger partial charge on any atom is -0.387 e. The van der Waals surface area contributed by atoms with Gasteiger partial charge in [-0.05, 0) is 36.8 Å². The zero-order chi connectivity index (χ0) is 17.2. The van der Waals surface area contributed by atoms with Crippen LogP contribution in [0.2, 0.25) is 0 Å². The summed E-state index contributed by atoms with van der Waals surface area (Å²) in [6, 6.07) is 9.84. The van der Waals surface area contributed by atoms with Crippen LogP contribution >= 0.6 is 0 Å². The monoisotopic (exact) mass is 340 g/mol. The van der Waals surface area contributed by atoms with Crippen molar-refractivity contribution in [3.05, 3.63) is 53.3 Å². The predicted octanol–water partition coefficient (Wildman–Crippen LogP) is 2.17. The first-order valence-electron chi connectivity index (χ1n) is 9.02. The molecule has 0 saturated heterocycles. The fourth-order valence-electron chi connectivity index (χ4n) is 3.54. The van der Waals surface area contributed by atoms with Gasteiger partial charge in [-0.1, -0.05) is 30.3 Å². The molecule has 4 rings (SSSR count). The summed E-state index contributed by atoms with van der Waals surface area (Å²) >= 11 is 0. The standard InChI is InChI=1S/C19H24N4O2/c24-18(13-4-2-1-3-5-13)12-23(16-8-9-16)19(25)21-15-7-6-14-11-20-22-17(14)10-15/h1-5,11,15-16,18,24H,6-10,12H2,(H,20,22)(H,21,25). The molecule has 6 heteroatoms. The summed E-state index contributed by atoms with van der Waals surface area (Å²) in [7, 11) is 0. The summed E-state index contributed by atoms with van der Waals surface area (Å²) < 4.78 is 0. The lowest BCUT2D eigenvalue weighted by Gasteiger charge is -2.29. The molecule has 1 heterocycles. The number of H-pyrrole nitrogens is 1. The van der Waals surface area contributed by atoms with E-state index in [1.807, 2.05) is 36.5 Å². The summed E-state index contributed by atoms with van der Waals surface area (Å²) in [4.78, 5) is 14.6. The van der Waals surface area contributed by atoms with Crippen molar-refractivity contribution in [3.63, 3.8) is 0 Å². The second-order valence-electron chi connectivity index (χ2n) is 7.07. The smallest absolute Gasteiger partial charge is 0.317 e. The quantitative estimate of drug-likeness (QED) is 0.780. The van der Waals surface area contributed by atoms with Gasteiger partial charge >= 0.3 is 6.03 Å². The Balaban J connectivity index is 1.38. The predicted molar refractivity (Wildman–Crippen MR) is 94.1 cm³/mol. The summed E-state index contributed by atoms with van der Waals surface area (Å²) in [5.74, 6) is 0. The van der Waals surface area contributed by atoms with Gasteiger partial charge in [0.05, 0.1) is 18.8 Å². The molecule has 1 saturated carbocycles. The van der Waals surface area contributed by atoms with Gasteiger partial charge in [-0.15, -0.1) is 0 Å². The molecule has 0 spiro atoms. The molecule has 2 aliphatic carbocycles. The van der Waals surface area contributed by atoms with Crippen LogP contribution in [0.1, 0.15) is 42.2 Å². The third-order valence-electron chi connectivity index (χ3n) is 5.15. The first-order chi connectivity index (χ1) is 12.2. The highest BCUT2D eigenvalue weighted by Crippen LogP contribution is 2.29. The summed E-state index contributed by atoms with van der Waals surface area (Å²) in [6.07, 6.45) is 5.92. The molecule has 0 bridgehead atoms. The van der Waals surface area contributed by atoms with Crippen molar-refractivity contribution in [2.45, 2.75) is 50.3 Å². The second-order valence-corrected chi connectivity index (χ2v) is 7.07. The number of benzene rings is 1. The van der Waals surface area contributed by atoms with Gasteiger partial charge in [0.25, 0.3) is 0 Å². The minimum absolute atomic E-state index is 0.0644. The highest BCUT2D eigenvalue weighted by atomic mass is 16.3. The van der Waals surface area contributed by atoms with Crippen molar-refractivity contribution < 1.29 is 9.90 Å². The number of hydrogen-bond donors (Lipinski definition) is 3. The molecule has 2 aromatic rings. The highest BCUT2D eigenvalue weighted by Gasteiger charge is 2.35. The molecule has 0 aliphatic heterocycles. The number of fused-ring (bicyclic) bond motifs is 1. The molecule has 2 amide bonds. The van der Waals surface area contributed by atoms with E-state index in [0.29, 0.717) is 6.54 Å². The van der Waals surface area contributed by atoms with E-state index in [9.17, 15) is 9.90 Å². The lowest BCUT2D eigenvalue weighted by molar-refractivity contribution is 0.116. The van der Waals surface area contributed by atoms with Crippen molar-refractivity contribution >= 4 is 6.03 Å². The molecular weight excluding hydrogens is 316 g/mol. The van der Waals surface area contributed by atoms with Crippen molar-refractivity contribution in [2.75, 3.05) is 6.54 Å². The van der Waals surface area contributed by atoms with Crippen LogP contribution in [0.15, 0.2) is 36.5 Å². The van der Waals surface area contributed by atoms with Crippen molar-refractivity contribution in [1.29, 1.82) is 0 Å². The third kappa shape index (κ3) is 3.69. The largest absolute Gasteiger partial charge is 0.387 e. The Bertz CT molecular complexity index is 726. The van der Waals surface area contributed by atoms with Crippen molar-refractivity contribution in [2.24, 2.45) is 0 Å². The molecule has 132 valence electrons. The van der Waals surface area contributed by atoms with Crippen LogP contribution < -0.4 is 5.32 Å². The summed E-state index contributed by atoms with van der Waals surface area (Å²) in [5.41, 5.74) is 3.23. The number of aromatic amines is 1. The van der Waals surface area contributed by atoms with Gasteiger partial charge in [-0.2, -0.15) is 5.10 Å². The van der Waals surface area contributed by atoms with Gasteiger partial charge in [0.2, 0.25) is 0 Å². The Kier molecular flexibility index (Phi) is 4.44. The van der Waals surface area contributed by atoms with Gasteiger partial charge in [-0.3, -0.25) is 5.10 Å². The van der Waals surface area contributed by atoms with Crippen LogP contribution in [0, 0.1) is 0 Å². The maximum atomic E-state index is 12.8. The summed E-state index contributed by atoms with van der Waals surface area (Å²) in [6.45, 7) is 0.336. The van der Waals surface area contributed by atoms with Crippen LogP contribution in [-0.4, -0.2) is 44.9 Å². The van der Waals surface area contributed by atoms with Crippen LogP contribution in [0.3, 0.4) is 0 Å². The molecule has 1 aromatic carbocycles. The Labute approximate surface area is 147 Å². The van der Waals surface area contributed by atoms with E-state index in [1.54, 1.807) is 4.90 Å². The number of aliphatic hydroxyl groups excluding tert-OH is 1. The average Bonchev–Trinajstić information content (AvgIpc) is 3.37. The minimum atomic E-state index is -0.655. The number of aryl methyl sites for hydroxylation is 1. The maximum Gasteiger partial charge on any atom is 0.317 e. The zero-order valence-electron chi connectivity index (χ0n) is 14.2. The Hall–Kier alpha value is -2.34. The lowest BCUT2D eigenvalue weighted by Crippen LogP contribution is -2.48. The lowest BCUT2D eigenvalue weighted by atomic mass is 9.94. The highest BCUT2D eigenvalue weighted by molar-refractivity contribution is 5.75. The molecular formula is C19H24N4O2. The second kappa shape index (κ2) is 6.88. The number of aliphatic hydroxyl groups is 1. The van der Waals surface area contributed by atoms with Crippen molar-refractivity contribution in [1.82, 2.24) is 20.4 Å². The number of hydrogen-bond acceptors (Lipinski definition) is 3. The molecule has 25 heavy (non-hydrogen) atoms. The fraction of sp³-hybridized carbons (Fsp3) is 0.474. The van der Waals surface area contributed by atoms with Gasteiger partial charge in [-0.25, -0.2) is 4.79 Å². The third-order valence-corrected chi connectivity index (χ3v) is 5.15. The number of nitrogens with one attached hydrogen (secondary N) is 2. The van der Waals surface area contributed by atoms with Crippen LogP contribution in [0.5, 0.6) is 0 Å². The molecule has 3 N–H and O–H groups in total. The van der Waals surface area contributed by atoms with Gasteiger partial charge in [0, 0.05) is 24.2 Å². The van der Waals surface area contributed by atoms with E-state index in [4.69, 9.17) is 0 Å². The normalized spacial score (nSPS) is 20.6. The van der Waals surface area contributed by atoms with E-state index in [1.165, 1.54) is 5.56 Å². The van der Waals surface area contributed by atoms with Gasteiger partial charge in [0.15, 0.2) is 0 Å². The Morgan fingerprint density at radius 3 is 2.88 bits per heavy atom. The number of nitrogens with zero attached hydrogens (tertiary/aromatic N) is 2. The molecule has 2 aliphatic rings. The van der Waals surface area contributed by atoms with Crippen LogP contribution in [0.4, 0.5) is 4.79 Å². The number of aromatic nitrogens is 2. The molecule has 6 nitrogen and oxygen atoms in total. The molecule has 2 atom stereocenters. The van der Waals surface area contributed by atoms with E-state index in [2.05, 4.69) is 15.5 Å². The van der Waals surface area contributed by atoms with Gasteiger partial charge < -0.3 is 15.3 Å². The Morgan fingerprint density at radius 1 is 1.32 bits per heavy atom. The van der Waals surface area contributed by atoms with Crippen LogP contribution in [0.25, 0.3) is 0 Å². The number of amides is 2. The zero-order valence-corrected chi connectivity index (χ0v) is 14.2. The Morgan fingerprint density at radius 2 is 2.12 bits per heavy atom. The van der Waals surface area contributed by atoms with Crippen molar-refractivity contribution in [3.8, 4) is 0 Å². The maximum absolute atomic E-state index is 12.8. The average molecular weight is 340 g/mol. The van der Waals surface area contributed by atoms with Gasteiger partial charge in [0.1, 0.15) is 0 Å². The van der Waals surface area contributed by atoms with E-state index in [-0.39, 0.29) is 18.1 Å². The first kappa shape index (κ1) is 16.1. The summed E-state index contributed by atoms with van der Waals surface area (Å²) in [5, 5.41) is 20.8. The van der Waals surface area contributed by atoms with E-state index in [0.717, 1.165) is 43.4 Å². The number of rotatable bonds is 5. The number of urea groups is 1. The first-order valence-corrected chi connectivity index (χ1v) is 9.02. The topological polar surface area (TPSA) is 81.2 Å². The fourth-order valence-corrected chi connectivity index (χ4v) is 3.54. The molecule has 1 aromatic heterocycles. The molecule has 2 unspecified atom stereocenters. The molecule has 0 radical (unpaired) electrons. The number of carbonyl (C=O) groups is 1. The number of carbonyl (C=O) groups excluding carboxylic acids is 1. The molecule has 1 fully saturated rings. The van der Waals surface area contributed by atoms with E-state index >= 15 is 0 Å². The van der Waals surface area contributed by atoms with E-state index < -0.39 is 6.10 Å². The van der Waals surface area contributed by atoms with Crippen LogP contribution in [-0.2, 0) is 12.8 Å².